The number of carbonyl (C=O) groups excluding carboxylic acids is 1. The van der Waals surface area contributed by atoms with E-state index in [2.05, 4.69) is 20.7 Å². The second-order valence-electron chi connectivity index (χ2n) is 4.64. The van der Waals surface area contributed by atoms with Crippen molar-refractivity contribution < 1.29 is 9.18 Å². The van der Waals surface area contributed by atoms with Gasteiger partial charge in [-0.25, -0.2) is 20.2 Å². The molecular weight excluding hydrogens is 273 g/mol. The van der Waals surface area contributed by atoms with E-state index in [1.54, 1.807) is 12.1 Å². The van der Waals surface area contributed by atoms with Crippen LogP contribution in [0, 0.1) is 5.82 Å². The highest BCUT2D eigenvalue weighted by Crippen LogP contribution is 2.06. The number of carbonyl (C=O) groups is 1. The second-order valence-corrected chi connectivity index (χ2v) is 4.64. The van der Waals surface area contributed by atoms with Gasteiger partial charge in [0.05, 0.1) is 12.4 Å². The van der Waals surface area contributed by atoms with E-state index in [9.17, 15) is 9.18 Å². The third kappa shape index (κ3) is 4.22. The lowest BCUT2D eigenvalue weighted by Crippen LogP contribution is -2.34. The number of nitrogens with zero attached hydrogens (tertiary/aromatic N) is 2. The average molecular weight is 289 g/mol. The van der Waals surface area contributed by atoms with Crippen LogP contribution in [0.25, 0.3) is 0 Å². The number of hydrogen-bond donors (Lipinski definition) is 3. The van der Waals surface area contributed by atoms with Crippen molar-refractivity contribution >= 4 is 11.7 Å². The van der Waals surface area contributed by atoms with Gasteiger partial charge in [0, 0.05) is 6.04 Å². The highest BCUT2D eigenvalue weighted by molar-refractivity contribution is 5.92. The van der Waals surface area contributed by atoms with Crippen molar-refractivity contribution in [2.24, 2.45) is 5.84 Å². The molecule has 6 nitrogen and oxygen atoms in total. The summed E-state index contributed by atoms with van der Waals surface area (Å²) in [5.74, 6) is 4.96. The fourth-order valence-corrected chi connectivity index (χ4v) is 1.84. The molecule has 110 valence electrons. The molecule has 0 aliphatic rings. The number of rotatable bonds is 5. The van der Waals surface area contributed by atoms with Gasteiger partial charge in [0.25, 0.3) is 5.91 Å². The number of nitrogens with two attached hydrogens (primary N) is 1. The van der Waals surface area contributed by atoms with Crippen molar-refractivity contribution in [1.82, 2.24) is 15.3 Å². The predicted octanol–water partition coefficient (Wildman–Crippen LogP) is 1.26. The van der Waals surface area contributed by atoms with E-state index in [-0.39, 0.29) is 23.5 Å². The van der Waals surface area contributed by atoms with Crippen LogP contribution in [0.1, 0.15) is 23.0 Å². The Morgan fingerprint density at radius 1 is 1.29 bits per heavy atom. The minimum absolute atomic E-state index is 0.114. The molecule has 2 aromatic rings. The van der Waals surface area contributed by atoms with E-state index < -0.39 is 0 Å². The Morgan fingerprint density at radius 2 is 2.00 bits per heavy atom. The largest absolute Gasteiger partial charge is 0.348 e. The Bertz CT molecular complexity index is 600. The molecule has 0 radical (unpaired) electrons. The quantitative estimate of drug-likeness (QED) is 0.569. The summed E-state index contributed by atoms with van der Waals surface area (Å²) < 4.78 is 12.8. The Hall–Kier alpha value is -2.54. The van der Waals surface area contributed by atoms with Crippen molar-refractivity contribution in [1.29, 1.82) is 0 Å². The zero-order valence-corrected chi connectivity index (χ0v) is 11.5. The van der Waals surface area contributed by atoms with Crippen molar-refractivity contribution in [3.63, 3.8) is 0 Å². The number of hydrogen-bond acceptors (Lipinski definition) is 5. The Kier molecular flexibility index (Phi) is 4.78. The molecule has 0 spiro atoms. The monoisotopic (exact) mass is 289 g/mol. The molecule has 0 aliphatic carbocycles. The standard InChI is InChI=1S/C14H16FN5O/c1-9(6-10-2-4-11(15)5-3-10)19-14(21)12-7-18-13(20-16)8-17-12/h2-5,7-9H,6,16H2,1H3,(H,18,20)(H,19,21). The van der Waals surface area contributed by atoms with Crippen molar-refractivity contribution in [3.8, 4) is 0 Å². The zero-order valence-electron chi connectivity index (χ0n) is 11.5. The molecule has 0 bridgehead atoms. The maximum Gasteiger partial charge on any atom is 0.271 e. The van der Waals surface area contributed by atoms with Gasteiger partial charge in [0.1, 0.15) is 11.5 Å². The minimum Gasteiger partial charge on any atom is -0.348 e. The van der Waals surface area contributed by atoms with Gasteiger partial charge >= 0.3 is 0 Å². The first-order valence-electron chi connectivity index (χ1n) is 6.42. The fraction of sp³-hybridized carbons (Fsp3) is 0.214. The smallest absolute Gasteiger partial charge is 0.271 e. The number of halogens is 1. The van der Waals surface area contributed by atoms with Crippen LogP contribution in [0.15, 0.2) is 36.7 Å². The molecule has 4 N–H and O–H groups in total. The van der Waals surface area contributed by atoms with Crippen molar-refractivity contribution in [3.05, 3.63) is 53.7 Å². The molecule has 0 saturated carbocycles. The van der Waals surface area contributed by atoms with Crippen LogP contribution in [-0.2, 0) is 6.42 Å². The number of aromatic nitrogens is 2. The lowest BCUT2D eigenvalue weighted by atomic mass is 10.1. The van der Waals surface area contributed by atoms with Crippen LogP contribution in [0.2, 0.25) is 0 Å². The molecule has 0 fully saturated rings. The predicted molar refractivity (Wildman–Crippen MR) is 76.9 cm³/mol. The van der Waals surface area contributed by atoms with Crippen molar-refractivity contribution in [2.45, 2.75) is 19.4 Å². The summed E-state index contributed by atoms with van der Waals surface area (Å²) in [5, 5.41) is 2.81. The summed E-state index contributed by atoms with van der Waals surface area (Å²) in [6, 6.07) is 6.07. The first-order chi connectivity index (χ1) is 10.1. The second kappa shape index (κ2) is 6.76. The van der Waals surface area contributed by atoms with E-state index >= 15 is 0 Å². The normalized spacial score (nSPS) is 11.8. The van der Waals surface area contributed by atoms with Gasteiger partial charge in [-0.15, -0.1) is 0 Å². The van der Waals surface area contributed by atoms with E-state index in [0.717, 1.165) is 5.56 Å². The maximum atomic E-state index is 12.8. The number of nitrogens with one attached hydrogen (secondary N) is 2. The molecule has 1 heterocycles. The molecule has 21 heavy (non-hydrogen) atoms. The van der Waals surface area contributed by atoms with Crippen LogP contribution in [0.5, 0.6) is 0 Å². The molecule has 2 rings (SSSR count). The lowest BCUT2D eigenvalue weighted by molar-refractivity contribution is 0.0934. The molecule has 1 aromatic carbocycles. The zero-order chi connectivity index (χ0) is 15.2. The van der Waals surface area contributed by atoms with Crippen LogP contribution in [-0.4, -0.2) is 21.9 Å². The van der Waals surface area contributed by atoms with E-state index in [1.807, 2.05) is 6.92 Å². The summed E-state index contributed by atoms with van der Waals surface area (Å²) in [4.78, 5) is 19.8. The van der Waals surface area contributed by atoms with Crippen LogP contribution in [0.3, 0.4) is 0 Å². The molecule has 1 atom stereocenters. The lowest BCUT2D eigenvalue weighted by Gasteiger charge is -2.13. The fourth-order valence-electron chi connectivity index (χ4n) is 1.84. The summed E-state index contributed by atoms with van der Waals surface area (Å²) in [6.45, 7) is 1.87. The van der Waals surface area contributed by atoms with Gasteiger partial charge < -0.3 is 10.7 Å². The molecule has 1 amide bonds. The van der Waals surface area contributed by atoms with E-state index in [1.165, 1.54) is 24.5 Å². The van der Waals surface area contributed by atoms with Gasteiger partial charge in [0.2, 0.25) is 0 Å². The summed E-state index contributed by atoms with van der Waals surface area (Å²) in [5.41, 5.74) is 3.49. The third-order valence-corrected chi connectivity index (χ3v) is 2.87. The van der Waals surface area contributed by atoms with Crippen LogP contribution >= 0.6 is 0 Å². The molecule has 0 aliphatic heterocycles. The molecule has 7 heteroatoms. The minimum atomic E-state index is -0.319. The molecule has 1 unspecified atom stereocenters. The number of nitrogen functional groups attached to an aromatic ring is 1. The van der Waals surface area contributed by atoms with Crippen LogP contribution < -0.4 is 16.6 Å². The highest BCUT2D eigenvalue weighted by Gasteiger charge is 2.12. The Morgan fingerprint density at radius 3 is 2.57 bits per heavy atom. The average Bonchev–Trinajstić information content (AvgIpc) is 2.49. The SMILES string of the molecule is CC(Cc1ccc(F)cc1)NC(=O)c1cnc(NN)cn1. The van der Waals surface area contributed by atoms with E-state index in [0.29, 0.717) is 12.2 Å². The Labute approximate surface area is 121 Å². The molecular formula is C14H16FN5O. The first-order valence-corrected chi connectivity index (χ1v) is 6.42. The van der Waals surface area contributed by atoms with Gasteiger partial charge in [-0.3, -0.25) is 4.79 Å². The summed E-state index contributed by atoms with van der Waals surface area (Å²) >= 11 is 0. The van der Waals surface area contributed by atoms with Crippen molar-refractivity contribution in [2.75, 3.05) is 5.43 Å². The maximum absolute atomic E-state index is 12.8. The van der Waals surface area contributed by atoms with Gasteiger partial charge in [-0.05, 0) is 31.0 Å². The molecule has 1 aromatic heterocycles. The number of amides is 1. The highest BCUT2D eigenvalue weighted by atomic mass is 19.1. The molecule has 0 saturated heterocycles. The van der Waals surface area contributed by atoms with Gasteiger partial charge in [0.15, 0.2) is 5.82 Å². The third-order valence-electron chi connectivity index (χ3n) is 2.87. The van der Waals surface area contributed by atoms with Gasteiger partial charge in [-0.1, -0.05) is 12.1 Å². The summed E-state index contributed by atoms with van der Waals surface area (Å²) in [6.07, 6.45) is 3.32. The summed E-state index contributed by atoms with van der Waals surface area (Å²) in [7, 11) is 0. The van der Waals surface area contributed by atoms with E-state index in [4.69, 9.17) is 5.84 Å². The van der Waals surface area contributed by atoms with Crippen LogP contribution in [0.4, 0.5) is 10.2 Å². The number of hydrazine groups is 1. The number of benzene rings is 1. The topological polar surface area (TPSA) is 92.9 Å². The first kappa shape index (κ1) is 14.9. The van der Waals surface area contributed by atoms with Gasteiger partial charge in [-0.2, -0.15) is 0 Å². The number of anilines is 1. The Balaban J connectivity index is 1.93.